The summed E-state index contributed by atoms with van der Waals surface area (Å²) in [7, 11) is 0. The molecule has 0 heterocycles. The SMILES string of the molecule is CSCCC(NC(=O)C(N)CC(C)C)C(=O)NC(CO)C(=O)NC(CO)C(=O)O. The molecule has 0 aliphatic carbocycles. The second-order valence-electron chi connectivity index (χ2n) is 6.90. The van der Waals surface area contributed by atoms with Gasteiger partial charge in [0.15, 0.2) is 0 Å². The van der Waals surface area contributed by atoms with Crippen molar-refractivity contribution in [3.8, 4) is 0 Å². The molecule has 0 aliphatic rings. The van der Waals surface area contributed by atoms with Crippen LogP contribution in [0, 0.1) is 5.92 Å². The minimum atomic E-state index is -1.57. The fourth-order valence-corrected chi connectivity index (χ4v) is 2.79. The highest BCUT2D eigenvalue weighted by Gasteiger charge is 2.29. The molecule has 0 saturated carbocycles. The monoisotopic (exact) mass is 436 g/mol. The number of thioether (sulfide) groups is 1. The van der Waals surface area contributed by atoms with Gasteiger partial charge in [-0.3, -0.25) is 14.4 Å². The first kappa shape index (κ1) is 27.1. The second-order valence-corrected chi connectivity index (χ2v) is 7.89. The number of rotatable bonds is 14. The summed E-state index contributed by atoms with van der Waals surface area (Å²) in [5.41, 5.74) is 5.84. The van der Waals surface area contributed by atoms with Crippen molar-refractivity contribution in [1.29, 1.82) is 0 Å². The number of carboxylic acid groups (broad SMARTS) is 1. The quantitative estimate of drug-likeness (QED) is 0.156. The maximum absolute atomic E-state index is 12.6. The van der Waals surface area contributed by atoms with Crippen molar-refractivity contribution in [2.75, 3.05) is 25.2 Å². The van der Waals surface area contributed by atoms with Gasteiger partial charge in [-0.2, -0.15) is 11.8 Å². The van der Waals surface area contributed by atoms with Crippen LogP contribution in [0.1, 0.15) is 26.7 Å². The van der Waals surface area contributed by atoms with Gasteiger partial charge in [0.2, 0.25) is 17.7 Å². The molecule has 0 aromatic rings. The fourth-order valence-electron chi connectivity index (χ4n) is 2.32. The third-order valence-electron chi connectivity index (χ3n) is 3.92. The average Bonchev–Trinajstić information content (AvgIpc) is 2.65. The average molecular weight is 437 g/mol. The van der Waals surface area contributed by atoms with Crippen molar-refractivity contribution in [1.82, 2.24) is 16.0 Å². The Bertz CT molecular complexity index is 562. The van der Waals surface area contributed by atoms with Crippen LogP contribution in [0.3, 0.4) is 0 Å². The number of carboxylic acids is 1. The molecule has 11 nitrogen and oxygen atoms in total. The molecule has 8 N–H and O–H groups in total. The van der Waals surface area contributed by atoms with E-state index in [2.05, 4.69) is 10.6 Å². The Morgan fingerprint density at radius 3 is 1.83 bits per heavy atom. The third kappa shape index (κ3) is 10.5. The van der Waals surface area contributed by atoms with Crippen LogP contribution in [0.4, 0.5) is 0 Å². The van der Waals surface area contributed by atoms with Crippen LogP contribution in [0.25, 0.3) is 0 Å². The molecule has 4 atom stereocenters. The van der Waals surface area contributed by atoms with Crippen LogP contribution in [0.2, 0.25) is 0 Å². The molecule has 0 rings (SSSR count). The molecule has 0 aliphatic heterocycles. The number of amides is 3. The first-order valence-corrected chi connectivity index (χ1v) is 10.6. The van der Waals surface area contributed by atoms with Crippen molar-refractivity contribution in [2.45, 2.75) is 50.9 Å². The fraction of sp³-hybridized carbons (Fsp3) is 0.765. The molecule has 168 valence electrons. The number of carbonyl (C=O) groups excluding carboxylic acids is 3. The lowest BCUT2D eigenvalue weighted by Crippen LogP contribution is -2.58. The Balaban J connectivity index is 5.10. The Morgan fingerprint density at radius 1 is 0.897 bits per heavy atom. The van der Waals surface area contributed by atoms with E-state index in [4.69, 9.17) is 15.9 Å². The normalized spacial score (nSPS) is 15.1. The van der Waals surface area contributed by atoms with Gasteiger partial charge in [0.25, 0.3) is 0 Å². The molecule has 0 saturated heterocycles. The summed E-state index contributed by atoms with van der Waals surface area (Å²) in [6.07, 6.45) is 2.52. The van der Waals surface area contributed by atoms with E-state index in [0.717, 1.165) is 0 Å². The maximum Gasteiger partial charge on any atom is 0.328 e. The molecular weight excluding hydrogens is 404 g/mol. The van der Waals surface area contributed by atoms with Crippen LogP contribution in [-0.2, 0) is 19.2 Å². The predicted octanol–water partition coefficient (Wildman–Crippen LogP) is -2.36. The van der Waals surface area contributed by atoms with Gasteiger partial charge < -0.3 is 37.0 Å². The van der Waals surface area contributed by atoms with Crippen LogP contribution in [-0.4, -0.2) is 88.4 Å². The van der Waals surface area contributed by atoms with E-state index in [1.54, 1.807) is 0 Å². The Kier molecular flexibility index (Phi) is 13.2. The van der Waals surface area contributed by atoms with Gasteiger partial charge in [-0.15, -0.1) is 0 Å². The highest BCUT2D eigenvalue weighted by Crippen LogP contribution is 2.06. The number of hydrogen-bond donors (Lipinski definition) is 7. The van der Waals surface area contributed by atoms with E-state index >= 15 is 0 Å². The predicted molar refractivity (Wildman–Crippen MR) is 108 cm³/mol. The molecule has 0 radical (unpaired) electrons. The van der Waals surface area contributed by atoms with Gasteiger partial charge in [0.05, 0.1) is 19.3 Å². The van der Waals surface area contributed by atoms with E-state index in [-0.39, 0.29) is 12.3 Å². The zero-order valence-corrected chi connectivity index (χ0v) is 17.7. The second kappa shape index (κ2) is 14.1. The minimum Gasteiger partial charge on any atom is -0.480 e. The minimum absolute atomic E-state index is 0.186. The van der Waals surface area contributed by atoms with E-state index in [9.17, 15) is 24.3 Å². The van der Waals surface area contributed by atoms with E-state index in [1.807, 2.05) is 25.4 Å². The van der Waals surface area contributed by atoms with Gasteiger partial charge >= 0.3 is 5.97 Å². The summed E-state index contributed by atoms with van der Waals surface area (Å²) in [4.78, 5) is 47.8. The number of nitrogens with one attached hydrogen (secondary N) is 3. The summed E-state index contributed by atoms with van der Waals surface area (Å²) >= 11 is 1.45. The van der Waals surface area contributed by atoms with Gasteiger partial charge in [-0.25, -0.2) is 4.79 Å². The largest absolute Gasteiger partial charge is 0.480 e. The van der Waals surface area contributed by atoms with Crippen LogP contribution >= 0.6 is 11.8 Å². The highest BCUT2D eigenvalue weighted by atomic mass is 32.2. The third-order valence-corrected chi connectivity index (χ3v) is 4.56. The van der Waals surface area contributed by atoms with Crippen molar-refractivity contribution in [2.24, 2.45) is 11.7 Å². The van der Waals surface area contributed by atoms with Gasteiger partial charge in [-0.05, 0) is 30.8 Å². The van der Waals surface area contributed by atoms with Crippen LogP contribution in [0.15, 0.2) is 0 Å². The van der Waals surface area contributed by atoms with Crippen molar-refractivity contribution < 1.29 is 34.5 Å². The first-order valence-electron chi connectivity index (χ1n) is 9.17. The lowest BCUT2D eigenvalue weighted by molar-refractivity contribution is -0.143. The maximum atomic E-state index is 12.6. The number of aliphatic carboxylic acids is 1. The van der Waals surface area contributed by atoms with E-state index < -0.39 is 61.1 Å². The molecule has 0 bridgehead atoms. The Labute approximate surface area is 174 Å². The highest BCUT2D eigenvalue weighted by molar-refractivity contribution is 7.98. The number of nitrogens with two attached hydrogens (primary N) is 1. The molecule has 0 spiro atoms. The van der Waals surface area contributed by atoms with Crippen LogP contribution in [0.5, 0.6) is 0 Å². The van der Waals surface area contributed by atoms with Gasteiger partial charge in [0, 0.05) is 0 Å². The molecule has 3 amide bonds. The molecule has 0 aromatic heterocycles. The van der Waals surface area contributed by atoms with Gasteiger partial charge in [-0.1, -0.05) is 13.8 Å². The Morgan fingerprint density at radius 2 is 1.38 bits per heavy atom. The molecule has 12 heteroatoms. The Hall–Kier alpha value is -1.89. The van der Waals surface area contributed by atoms with E-state index in [0.29, 0.717) is 12.2 Å². The molecular formula is C17H32N4O7S. The smallest absolute Gasteiger partial charge is 0.328 e. The van der Waals surface area contributed by atoms with Crippen molar-refractivity contribution in [3.05, 3.63) is 0 Å². The molecule has 29 heavy (non-hydrogen) atoms. The summed E-state index contributed by atoms with van der Waals surface area (Å²) in [6.45, 7) is 2.16. The summed E-state index contributed by atoms with van der Waals surface area (Å²) in [5, 5.41) is 34.1. The zero-order chi connectivity index (χ0) is 22.6. The summed E-state index contributed by atoms with van der Waals surface area (Å²) in [6, 6.07) is -4.80. The van der Waals surface area contributed by atoms with Crippen LogP contribution < -0.4 is 21.7 Å². The number of carbonyl (C=O) groups is 4. The molecule has 4 unspecified atom stereocenters. The molecule has 0 fully saturated rings. The summed E-state index contributed by atoms with van der Waals surface area (Å²) in [5.74, 6) is -2.93. The lowest BCUT2D eigenvalue weighted by atomic mass is 10.0. The van der Waals surface area contributed by atoms with Gasteiger partial charge in [0.1, 0.15) is 18.1 Å². The van der Waals surface area contributed by atoms with Crippen molar-refractivity contribution >= 4 is 35.5 Å². The topological polar surface area (TPSA) is 191 Å². The molecule has 0 aromatic carbocycles. The number of aliphatic hydroxyl groups excluding tert-OH is 2. The number of hydrogen-bond acceptors (Lipinski definition) is 8. The number of aliphatic hydroxyl groups is 2. The standard InChI is InChI=1S/C17H32N4O7S/c1-9(2)6-10(18)14(24)19-11(4-5-29-3)15(25)20-12(7-22)16(26)21-13(8-23)17(27)28/h9-13,22-23H,4-8,18H2,1-3H3,(H,19,24)(H,20,25)(H,21,26)(H,27,28). The lowest BCUT2D eigenvalue weighted by Gasteiger charge is -2.24. The van der Waals surface area contributed by atoms with Crippen molar-refractivity contribution in [3.63, 3.8) is 0 Å². The first-order chi connectivity index (χ1) is 13.6. The summed E-state index contributed by atoms with van der Waals surface area (Å²) < 4.78 is 0. The zero-order valence-electron chi connectivity index (χ0n) is 16.9. The van der Waals surface area contributed by atoms with E-state index in [1.165, 1.54) is 11.8 Å².